The maximum Gasteiger partial charge on any atom is 0.184 e. The van der Waals surface area contributed by atoms with E-state index >= 15 is 0 Å². The van der Waals surface area contributed by atoms with E-state index in [1.54, 1.807) is 12.1 Å². The number of hydrogen-bond acceptors (Lipinski definition) is 6. The van der Waals surface area contributed by atoms with Gasteiger partial charge in [0.25, 0.3) is 0 Å². The van der Waals surface area contributed by atoms with Crippen molar-refractivity contribution in [1.29, 1.82) is 10.5 Å². The molecule has 0 radical (unpaired) electrons. The van der Waals surface area contributed by atoms with Crippen molar-refractivity contribution in [2.45, 2.75) is 0 Å². The Morgan fingerprint density at radius 1 is 0.917 bits per heavy atom. The van der Waals surface area contributed by atoms with Crippen LogP contribution >= 0.6 is 0 Å². The Bertz CT molecular complexity index is 356. The molecule has 6 nitrogen and oxygen atoms in total. The SMILES string of the molecule is N#Cc1nc(N)c(C#N)nc1N. The van der Waals surface area contributed by atoms with Crippen LogP contribution in [-0.2, 0) is 0 Å². The van der Waals surface area contributed by atoms with Crippen LogP contribution in [0.3, 0.4) is 0 Å². The van der Waals surface area contributed by atoms with Crippen LogP contribution in [0.15, 0.2) is 0 Å². The van der Waals surface area contributed by atoms with Gasteiger partial charge in [0.05, 0.1) is 0 Å². The molecule has 1 aromatic rings. The first-order valence-electron chi connectivity index (χ1n) is 2.92. The molecular weight excluding hydrogens is 156 g/mol. The van der Waals surface area contributed by atoms with E-state index in [1.807, 2.05) is 0 Å². The summed E-state index contributed by atoms with van der Waals surface area (Å²) in [6, 6.07) is 3.40. The number of nitriles is 2. The van der Waals surface area contributed by atoms with Gasteiger partial charge in [0, 0.05) is 0 Å². The van der Waals surface area contributed by atoms with E-state index in [9.17, 15) is 0 Å². The first kappa shape index (κ1) is 7.76. The van der Waals surface area contributed by atoms with Crippen LogP contribution in [0.2, 0.25) is 0 Å². The van der Waals surface area contributed by atoms with Crippen LogP contribution in [0.5, 0.6) is 0 Å². The summed E-state index contributed by atoms with van der Waals surface area (Å²) in [4.78, 5) is 7.14. The predicted octanol–water partition coefficient (Wildman–Crippen LogP) is -0.616. The fraction of sp³-hybridized carbons (Fsp3) is 0. The van der Waals surface area contributed by atoms with E-state index in [1.165, 1.54) is 0 Å². The highest BCUT2D eigenvalue weighted by atomic mass is 15.0. The molecular formula is C6H4N6. The van der Waals surface area contributed by atoms with Gasteiger partial charge in [-0.25, -0.2) is 9.97 Å². The number of nitrogens with two attached hydrogens (primary N) is 2. The summed E-state index contributed by atoms with van der Waals surface area (Å²) < 4.78 is 0. The topological polar surface area (TPSA) is 125 Å². The van der Waals surface area contributed by atoms with Crippen LogP contribution in [0, 0.1) is 22.7 Å². The van der Waals surface area contributed by atoms with Crippen LogP contribution in [-0.4, -0.2) is 9.97 Å². The lowest BCUT2D eigenvalue weighted by molar-refractivity contribution is 1.15. The minimum Gasteiger partial charge on any atom is -0.381 e. The highest BCUT2D eigenvalue weighted by Crippen LogP contribution is 2.10. The summed E-state index contributed by atoms with van der Waals surface area (Å²) in [7, 11) is 0. The second-order valence-electron chi connectivity index (χ2n) is 1.91. The molecule has 1 rings (SSSR count). The lowest BCUT2D eigenvalue weighted by Gasteiger charge is -1.98. The summed E-state index contributed by atoms with van der Waals surface area (Å²) in [5.41, 5.74) is 10.4. The lowest BCUT2D eigenvalue weighted by Crippen LogP contribution is -2.05. The minimum atomic E-state index is -0.0803. The molecule has 0 aliphatic rings. The molecule has 0 amide bonds. The van der Waals surface area contributed by atoms with E-state index in [2.05, 4.69) is 9.97 Å². The van der Waals surface area contributed by atoms with Gasteiger partial charge in [0.1, 0.15) is 12.1 Å². The van der Waals surface area contributed by atoms with Crippen molar-refractivity contribution in [3.05, 3.63) is 11.4 Å². The van der Waals surface area contributed by atoms with Crippen LogP contribution < -0.4 is 11.5 Å². The van der Waals surface area contributed by atoms with E-state index < -0.39 is 0 Å². The van der Waals surface area contributed by atoms with Crippen molar-refractivity contribution in [1.82, 2.24) is 9.97 Å². The average Bonchev–Trinajstić information content (AvgIpc) is 2.08. The van der Waals surface area contributed by atoms with Crippen LogP contribution in [0.1, 0.15) is 11.4 Å². The van der Waals surface area contributed by atoms with Crippen LogP contribution in [0.25, 0.3) is 0 Å². The van der Waals surface area contributed by atoms with Gasteiger partial charge < -0.3 is 11.5 Å². The molecule has 0 aliphatic heterocycles. The largest absolute Gasteiger partial charge is 0.381 e. The van der Waals surface area contributed by atoms with Crippen molar-refractivity contribution in [2.24, 2.45) is 0 Å². The maximum absolute atomic E-state index is 8.44. The fourth-order valence-corrected chi connectivity index (χ4v) is 0.626. The number of nitrogen functional groups attached to an aromatic ring is 2. The Morgan fingerprint density at radius 2 is 1.25 bits per heavy atom. The number of rotatable bonds is 0. The van der Waals surface area contributed by atoms with Crippen molar-refractivity contribution < 1.29 is 0 Å². The third kappa shape index (κ3) is 1.09. The van der Waals surface area contributed by atoms with Crippen molar-refractivity contribution in [3.63, 3.8) is 0 Å². The van der Waals surface area contributed by atoms with Gasteiger partial charge in [0.15, 0.2) is 23.0 Å². The third-order valence-electron chi connectivity index (χ3n) is 1.16. The van der Waals surface area contributed by atoms with Gasteiger partial charge in [-0.15, -0.1) is 0 Å². The highest BCUT2D eigenvalue weighted by Gasteiger charge is 2.07. The standard InChI is InChI=1S/C6H4N6/c7-1-3-5(9)12-4(2-8)6(10)11-3/h(H2,10,11)(H2,9,12). The average molecular weight is 160 g/mol. The number of aromatic nitrogens is 2. The maximum atomic E-state index is 8.44. The molecule has 0 saturated heterocycles. The van der Waals surface area contributed by atoms with Gasteiger partial charge in [-0.1, -0.05) is 0 Å². The monoisotopic (exact) mass is 160 g/mol. The Hall–Kier alpha value is -2.34. The Balaban J connectivity index is 3.41. The third-order valence-corrected chi connectivity index (χ3v) is 1.16. The van der Waals surface area contributed by atoms with Crippen molar-refractivity contribution >= 4 is 11.6 Å². The quantitative estimate of drug-likeness (QED) is 0.521. The van der Waals surface area contributed by atoms with E-state index in [4.69, 9.17) is 22.0 Å². The molecule has 0 saturated carbocycles. The normalized spacial score (nSPS) is 8.50. The minimum absolute atomic E-state index is 0.0634. The zero-order valence-electron chi connectivity index (χ0n) is 5.94. The molecule has 12 heavy (non-hydrogen) atoms. The second kappa shape index (κ2) is 2.72. The summed E-state index contributed by atoms with van der Waals surface area (Å²) in [5, 5.41) is 16.9. The first-order valence-corrected chi connectivity index (χ1v) is 2.92. The molecule has 0 aromatic carbocycles. The van der Waals surface area contributed by atoms with Crippen molar-refractivity contribution in [3.8, 4) is 12.1 Å². The molecule has 0 fully saturated rings. The van der Waals surface area contributed by atoms with Gasteiger partial charge in [-0.2, -0.15) is 10.5 Å². The molecule has 58 valence electrons. The molecule has 0 unspecified atom stereocenters. The van der Waals surface area contributed by atoms with Gasteiger partial charge >= 0.3 is 0 Å². The zero-order chi connectivity index (χ0) is 9.14. The lowest BCUT2D eigenvalue weighted by atomic mass is 10.4. The first-order chi connectivity index (χ1) is 5.69. The Kier molecular flexibility index (Phi) is 1.76. The van der Waals surface area contributed by atoms with Crippen LogP contribution in [0.4, 0.5) is 11.6 Å². The molecule has 6 heteroatoms. The van der Waals surface area contributed by atoms with Crippen molar-refractivity contribution in [2.75, 3.05) is 11.5 Å². The second-order valence-corrected chi connectivity index (χ2v) is 1.91. The summed E-state index contributed by atoms with van der Waals surface area (Å²) in [5.74, 6) is -0.161. The molecule has 4 N–H and O–H groups in total. The van der Waals surface area contributed by atoms with Gasteiger partial charge in [-0.05, 0) is 0 Å². The van der Waals surface area contributed by atoms with Gasteiger partial charge in [0.2, 0.25) is 0 Å². The smallest absolute Gasteiger partial charge is 0.184 e. The molecule has 0 atom stereocenters. The molecule has 0 bridgehead atoms. The van der Waals surface area contributed by atoms with E-state index in [0.29, 0.717) is 0 Å². The molecule has 0 aliphatic carbocycles. The van der Waals surface area contributed by atoms with E-state index in [0.717, 1.165) is 0 Å². The Morgan fingerprint density at radius 3 is 1.50 bits per heavy atom. The highest BCUT2D eigenvalue weighted by molar-refractivity contribution is 5.53. The summed E-state index contributed by atoms with van der Waals surface area (Å²) >= 11 is 0. The summed E-state index contributed by atoms with van der Waals surface area (Å²) in [6.45, 7) is 0. The number of anilines is 2. The fourth-order valence-electron chi connectivity index (χ4n) is 0.626. The molecule has 0 spiro atoms. The number of hydrogen-bond donors (Lipinski definition) is 2. The predicted molar refractivity (Wildman–Crippen MR) is 40.3 cm³/mol. The zero-order valence-corrected chi connectivity index (χ0v) is 5.94. The molecule has 1 heterocycles. The van der Waals surface area contributed by atoms with Gasteiger partial charge in [-0.3, -0.25) is 0 Å². The summed E-state index contributed by atoms with van der Waals surface area (Å²) in [6.07, 6.45) is 0. The Labute approximate surface area is 68.1 Å². The number of nitrogens with zero attached hydrogens (tertiary/aromatic N) is 4. The van der Waals surface area contributed by atoms with E-state index in [-0.39, 0.29) is 23.0 Å². The molecule has 1 aromatic heterocycles.